The van der Waals surface area contributed by atoms with Crippen molar-refractivity contribution in [3.05, 3.63) is 54.0 Å². The lowest BCUT2D eigenvalue weighted by Crippen LogP contribution is -2.32. The predicted octanol–water partition coefficient (Wildman–Crippen LogP) is 2.46. The Kier molecular flexibility index (Phi) is 5.21. The number of aliphatic hydroxyl groups excluding tert-OH is 1. The fraction of sp³-hybridized carbons (Fsp3) is 0.375. The molecular formula is C16H21NO3. The molecule has 0 unspecified atom stereocenters. The molecule has 2 aromatic rings. The van der Waals surface area contributed by atoms with Gasteiger partial charge in [0.25, 0.3) is 0 Å². The minimum atomic E-state index is -0.531. The van der Waals surface area contributed by atoms with Gasteiger partial charge in [-0.25, -0.2) is 0 Å². The Morgan fingerprint density at radius 1 is 1.20 bits per heavy atom. The van der Waals surface area contributed by atoms with Crippen molar-refractivity contribution in [1.82, 2.24) is 4.90 Å². The second-order valence-corrected chi connectivity index (χ2v) is 4.99. The number of hydrogen-bond donors (Lipinski definition) is 1. The largest absolute Gasteiger partial charge is 0.491 e. The molecule has 0 aliphatic rings. The molecule has 0 saturated carbocycles. The van der Waals surface area contributed by atoms with Crippen molar-refractivity contribution < 1.29 is 14.3 Å². The summed E-state index contributed by atoms with van der Waals surface area (Å²) in [5.74, 6) is 2.58. The van der Waals surface area contributed by atoms with Crippen LogP contribution < -0.4 is 4.74 Å². The van der Waals surface area contributed by atoms with E-state index >= 15 is 0 Å². The zero-order valence-corrected chi connectivity index (χ0v) is 12.0. The topological polar surface area (TPSA) is 45.8 Å². The first-order valence-corrected chi connectivity index (χ1v) is 6.73. The molecule has 2 rings (SSSR count). The molecule has 1 aromatic heterocycles. The average Bonchev–Trinajstić information content (AvgIpc) is 2.83. The fourth-order valence-corrected chi connectivity index (χ4v) is 2.02. The average molecular weight is 275 g/mol. The molecule has 4 nitrogen and oxygen atoms in total. The molecule has 0 fully saturated rings. The van der Waals surface area contributed by atoms with Crippen LogP contribution in [0.3, 0.4) is 0 Å². The first kappa shape index (κ1) is 14.6. The van der Waals surface area contributed by atoms with E-state index < -0.39 is 6.10 Å². The van der Waals surface area contributed by atoms with Crippen LogP contribution in [0.25, 0.3) is 0 Å². The summed E-state index contributed by atoms with van der Waals surface area (Å²) in [7, 11) is 1.95. The second-order valence-electron chi connectivity index (χ2n) is 4.99. The van der Waals surface area contributed by atoms with E-state index in [2.05, 4.69) is 0 Å². The van der Waals surface area contributed by atoms with Gasteiger partial charge in [0, 0.05) is 6.54 Å². The Morgan fingerprint density at radius 3 is 2.60 bits per heavy atom. The first-order chi connectivity index (χ1) is 9.63. The minimum Gasteiger partial charge on any atom is -0.491 e. The van der Waals surface area contributed by atoms with Crippen molar-refractivity contribution >= 4 is 0 Å². The molecule has 0 spiro atoms. The highest BCUT2D eigenvalue weighted by Crippen LogP contribution is 2.10. The molecule has 1 atom stereocenters. The van der Waals surface area contributed by atoms with E-state index in [-0.39, 0.29) is 6.61 Å². The van der Waals surface area contributed by atoms with Gasteiger partial charge in [0.1, 0.15) is 30.0 Å². The van der Waals surface area contributed by atoms with Gasteiger partial charge in [0.05, 0.1) is 6.54 Å². The summed E-state index contributed by atoms with van der Waals surface area (Å²) in [6.45, 7) is 3.42. The first-order valence-electron chi connectivity index (χ1n) is 6.73. The monoisotopic (exact) mass is 275 g/mol. The van der Waals surface area contributed by atoms with E-state index in [1.54, 1.807) is 0 Å². The van der Waals surface area contributed by atoms with Crippen molar-refractivity contribution in [2.75, 3.05) is 20.2 Å². The van der Waals surface area contributed by atoms with Gasteiger partial charge >= 0.3 is 0 Å². The third kappa shape index (κ3) is 4.72. The summed E-state index contributed by atoms with van der Waals surface area (Å²) < 4.78 is 11.0. The summed E-state index contributed by atoms with van der Waals surface area (Å²) in [6.07, 6.45) is -0.531. The third-order valence-corrected chi connectivity index (χ3v) is 2.93. The molecule has 0 amide bonds. The van der Waals surface area contributed by atoms with Crippen molar-refractivity contribution in [2.24, 2.45) is 0 Å². The zero-order chi connectivity index (χ0) is 14.4. The van der Waals surface area contributed by atoms with Crippen molar-refractivity contribution in [3.8, 4) is 5.75 Å². The highest BCUT2D eigenvalue weighted by molar-refractivity contribution is 5.20. The van der Waals surface area contributed by atoms with Crippen LogP contribution in [0, 0.1) is 6.92 Å². The number of aliphatic hydroxyl groups is 1. The maximum Gasteiger partial charge on any atom is 0.119 e. The fourth-order valence-electron chi connectivity index (χ4n) is 2.02. The number of benzene rings is 1. The van der Waals surface area contributed by atoms with E-state index in [1.165, 1.54) is 0 Å². The summed E-state index contributed by atoms with van der Waals surface area (Å²) in [5, 5.41) is 9.97. The molecule has 1 aromatic carbocycles. The van der Waals surface area contributed by atoms with E-state index in [0.717, 1.165) is 17.3 Å². The van der Waals surface area contributed by atoms with Gasteiger partial charge in [0.2, 0.25) is 0 Å². The molecule has 0 radical (unpaired) electrons. The maximum absolute atomic E-state index is 9.97. The standard InChI is InChI=1S/C16H21NO3/c1-13-8-9-16(20-13)11-17(2)10-14(18)12-19-15-6-4-3-5-7-15/h3-9,14,18H,10-12H2,1-2H3/t14-/m1/s1. The Hall–Kier alpha value is -1.78. The molecule has 0 saturated heterocycles. The smallest absolute Gasteiger partial charge is 0.119 e. The van der Waals surface area contributed by atoms with Gasteiger partial charge in [-0.15, -0.1) is 0 Å². The highest BCUT2D eigenvalue weighted by atomic mass is 16.5. The van der Waals surface area contributed by atoms with Crippen molar-refractivity contribution in [3.63, 3.8) is 0 Å². The van der Waals surface area contributed by atoms with Gasteiger partial charge < -0.3 is 14.3 Å². The van der Waals surface area contributed by atoms with E-state index in [9.17, 15) is 5.11 Å². The quantitative estimate of drug-likeness (QED) is 0.843. The Balaban J connectivity index is 1.72. The van der Waals surface area contributed by atoms with Crippen LogP contribution in [0.1, 0.15) is 11.5 Å². The van der Waals surface area contributed by atoms with E-state index in [0.29, 0.717) is 13.1 Å². The minimum absolute atomic E-state index is 0.283. The van der Waals surface area contributed by atoms with Gasteiger partial charge in [-0.05, 0) is 38.2 Å². The highest BCUT2D eigenvalue weighted by Gasteiger charge is 2.11. The van der Waals surface area contributed by atoms with Crippen LogP contribution in [0.5, 0.6) is 5.75 Å². The summed E-state index contributed by atoms with van der Waals surface area (Å²) in [5.41, 5.74) is 0. The van der Waals surface area contributed by atoms with Crippen LogP contribution in [0.4, 0.5) is 0 Å². The molecular weight excluding hydrogens is 254 g/mol. The third-order valence-electron chi connectivity index (χ3n) is 2.93. The van der Waals surface area contributed by atoms with Crippen LogP contribution in [-0.4, -0.2) is 36.3 Å². The Morgan fingerprint density at radius 2 is 1.95 bits per heavy atom. The number of likely N-dealkylation sites (N-methyl/N-ethyl adjacent to an activating group) is 1. The number of ether oxygens (including phenoxy) is 1. The van der Waals surface area contributed by atoms with Crippen molar-refractivity contribution in [1.29, 1.82) is 0 Å². The molecule has 4 heteroatoms. The van der Waals surface area contributed by atoms with Crippen LogP contribution in [-0.2, 0) is 6.54 Å². The lowest BCUT2D eigenvalue weighted by molar-refractivity contribution is 0.0724. The maximum atomic E-state index is 9.97. The van der Waals surface area contributed by atoms with Crippen LogP contribution >= 0.6 is 0 Å². The normalized spacial score (nSPS) is 12.6. The van der Waals surface area contributed by atoms with Gasteiger partial charge in [-0.3, -0.25) is 4.90 Å². The Labute approximate surface area is 119 Å². The number of hydrogen-bond acceptors (Lipinski definition) is 4. The molecule has 1 N–H and O–H groups in total. The lowest BCUT2D eigenvalue weighted by Gasteiger charge is -2.19. The van der Waals surface area contributed by atoms with Gasteiger partial charge in [-0.2, -0.15) is 0 Å². The van der Waals surface area contributed by atoms with Crippen LogP contribution in [0.2, 0.25) is 0 Å². The summed E-state index contributed by atoms with van der Waals surface area (Å²) >= 11 is 0. The zero-order valence-electron chi connectivity index (χ0n) is 12.0. The number of aryl methyl sites for hydroxylation is 1. The summed E-state index contributed by atoms with van der Waals surface area (Å²) in [6, 6.07) is 13.4. The van der Waals surface area contributed by atoms with Gasteiger partial charge in [-0.1, -0.05) is 18.2 Å². The SMILES string of the molecule is Cc1ccc(CN(C)C[C@@H](O)COc2ccccc2)o1. The molecule has 0 aliphatic carbocycles. The van der Waals surface area contributed by atoms with E-state index in [1.807, 2.05) is 61.3 Å². The van der Waals surface area contributed by atoms with Crippen molar-refractivity contribution in [2.45, 2.75) is 19.6 Å². The predicted molar refractivity (Wildman–Crippen MR) is 77.7 cm³/mol. The van der Waals surface area contributed by atoms with Gasteiger partial charge in [0.15, 0.2) is 0 Å². The molecule has 1 heterocycles. The molecule has 0 bridgehead atoms. The summed E-state index contributed by atoms with van der Waals surface area (Å²) in [4.78, 5) is 2.01. The Bertz CT molecular complexity index is 509. The van der Waals surface area contributed by atoms with E-state index in [4.69, 9.17) is 9.15 Å². The lowest BCUT2D eigenvalue weighted by atomic mass is 10.3. The number of nitrogens with zero attached hydrogens (tertiary/aromatic N) is 1. The number of furan rings is 1. The van der Waals surface area contributed by atoms with Crippen LogP contribution in [0.15, 0.2) is 46.9 Å². The second kappa shape index (κ2) is 7.12. The molecule has 0 aliphatic heterocycles. The molecule has 108 valence electrons. The molecule has 20 heavy (non-hydrogen) atoms. The number of para-hydroxylation sites is 1. The number of rotatable bonds is 7.